The molecular weight excluding hydrogens is 340 g/mol. The van der Waals surface area contributed by atoms with Gasteiger partial charge < -0.3 is 9.84 Å². The summed E-state index contributed by atoms with van der Waals surface area (Å²) in [4.78, 5) is 27.2. The van der Waals surface area contributed by atoms with Crippen molar-refractivity contribution in [1.82, 2.24) is 9.66 Å². The van der Waals surface area contributed by atoms with Gasteiger partial charge in [0.15, 0.2) is 5.75 Å². The van der Waals surface area contributed by atoms with Gasteiger partial charge in [0.1, 0.15) is 5.82 Å². The summed E-state index contributed by atoms with van der Waals surface area (Å²) in [7, 11) is 1.28. The van der Waals surface area contributed by atoms with E-state index >= 15 is 0 Å². The maximum absolute atomic E-state index is 12.6. The van der Waals surface area contributed by atoms with Crippen LogP contribution in [0.2, 0.25) is 0 Å². The lowest BCUT2D eigenvalue weighted by atomic mass is 10.2. The van der Waals surface area contributed by atoms with Crippen LogP contribution in [0.15, 0.2) is 46.3 Å². The van der Waals surface area contributed by atoms with E-state index in [1.54, 1.807) is 31.2 Å². The number of phenols is 1. The third-order valence-corrected chi connectivity index (χ3v) is 3.73. The normalized spacial score (nSPS) is 11.2. The predicted octanol–water partition coefficient (Wildman–Crippen LogP) is 2.21. The fourth-order valence-corrected chi connectivity index (χ4v) is 2.48. The maximum atomic E-state index is 12.6. The van der Waals surface area contributed by atoms with Crippen LogP contribution in [0.3, 0.4) is 0 Å². The molecule has 0 radical (unpaired) electrons. The molecule has 2 aromatic carbocycles. The highest BCUT2D eigenvalue weighted by atomic mass is 16.6. The summed E-state index contributed by atoms with van der Waals surface area (Å²) in [6, 6.07) is 9.39. The van der Waals surface area contributed by atoms with Gasteiger partial charge in [-0.25, -0.2) is 4.98 Å². The summed E-state index contributed by atoms with van der Waals surface area (Å²) in [5, 5.41) is 25.3. The third-order valence-electron chi connectivity index (χ3n) is 3.73. The van der Waals surface area contributed by atoms with Crippen molar-refractivity contribution in [2.45, 2.75) is 6.92 Å². The van der Waals surface area contributed by atoms with Crippen LogP contribution in [-0.2, 0) is 0 Å². The van der Waals surface area contributed by atoms with Crippen LogP contribution in [0.4, 0.5) is 5.69 Å². The highest BCUT2D eigenvalue weighted by Gasteiger charge is 2.19. The Morgan fingerprint density at radius 2 is 2.08 bits per heavy atom. The van der Waals surface area contributed by atoms with Crippen molar-refractivity contribution in [2.24, 2.45) is 5.10 Å². The molecule has 26 heavy (non-hydrogen) atoms. The third kappa shape index (κ3) is 2.97. The molecule has 0 spiro atoms. The quantitative estimate of drug-likeness (QED) is 0.436. The minimum Gasteiger partial charge on any atom is -0.500 e. The molecule has 0 saturated carbocycles. The van der Waals surface area contributed by atoms with Crippen molar-refractivity contribution in [2.75, 3.05) is 7.11 Å². The number of methoxy groups -OCH3 is 1. The van der Waals surface area contributed by atoms with E-state index in [1.165, 1.54) is 19.4 Å². The van der Waals surface area contributed by atoms with Gasteiger partial charge in [0.25, 0.3) is 5.56 Å². The Hall–Kier alpha value is -3.75. The predicted molar refractivity (Wildman–Crippen MR) is 95.0 cm³/mol. The van der Waals surface area contributed by atoms with Gasteiger partial charge >= 0.3 is 5.69 Å². The van der Waals surface area contributed by atoms with E-state index in [0.717, 1.165) is 10.7 Å². The van der Waals surface area contributed by atoms with E-state index in [2.05, 4.69) is 10.1 Å². The molecular formula is C17H14N4O5. The number of aromatic hydroxyl groups is 1. The Balaban J connectivity index is 2.11. The molecule has 132 valence electrons. The van der Waals surface area contributed by atoms with Crippen molar-refractivity contribution in [3.63, 3.8) is 0 Å². The standard InChI is InChI=1S/C17H14N4O5/c1-10-19-13-6-4-3-5-12(13)17(23)20(10)18-9-11-7-14(21(24)25)16(22)15(8-11)26-2/h3-9,22H,1-2H3. The van der Waals surface area contributed by atoms with E-state index in [1.807, 2.05) is 0 Å². The van der Waals surface area contributed by atoms with E-state index in [0.29, 0.717) is 16.7 Å². The lowest BCUT2D eigenvalue weighted by molar-refractivity contribution is -0.386. The van der Waals surface area contributed by atoms with Crippen LogP contribution in [0.25, 0.3) is 10.9 Å². The first kappa shape index (κ1) is 17.1. The molecule has 0 fully saturated rings. The van der Waals surface area contributed by atoms with Crippen LogP contribution in [0.1, 0.15) is 11.4 Å². The molecule has 0 saturated heterocycles. The molecule has 0 atom stereocenters. The minimum absolute atomic E-state index is 0.0682. The smallest absolute Gasteiger partial charge is 0.315 e. The molecule has 0 aliphatic rings. The highest BCUT2D eigenvalue weighted by molar-refractivity contribution is 5.83. The molecule has 3 aromatic rings. The summed E-state index contributed by atoms with van der Waals surface area (Å²) in [6.07, 6.45) is 1.26. The van der Waals surface area contributed by atoms with Gasteiger partial charge in [-0.05, 0) is 25.1 Å². The summed E-state index contributed by atoms with van der Waals surface area (Å²) >= 11 is 0. The zero-order valence-electron chi connectivity index (χ0n) is 13.9. The Labute approximate surface area is 147 Å². The number of nitrogens with zero attached hydrogens (tertiary/aromatic N) is 4. The van der Waals surface area contributed by atoms with Gasteiger partial charge in [-0.15, -0.1) is 0 Å². The molecule has 3 rings (SSSR count). The van der Waals surface area contributed by atoms with Crippen LogP contribution < -0.4 is 10.3 Å². The van der Waals surface area contributed by atoms with Crippen LogP contribution >= 0.6 is 0 Å². The number of para-hydroxylation sites is 1. The molecule has 1 heterocycles. The zero-order chi connectivity index (χ0) is 18.8. The summed E-state index contributed by atoms with van der Waals surface area (Å²) in [6.45, 7) is 1.63. The van der Waals surface area contributed by atoms with Gasteiger partial charge in [-0.2, -0.15) is 9.78 Å². The number of hydrogen-bond donors (Lipinski definition) is 1. The fourth-order valence-electron chi connectivity index (χ4n) is 2.48. The summed E-state index contributed by atoms with van der Waals surface area (Å²) < 4.78 is 6.04. The van der Waals surface area contributed by atoms with Crippen molar-refractivity contribution in [1.29, 1.82) is 0 Å². The van der Waals surface area contributed by atoms with Crippen molar-refractivity contribution < 1.29 is 14.8 Å². The van der Waals surface area contributed by atoms with Gasteiger partial charge in [0, 0.05) is 11.6 Å². The second kappa shape index (κ2) is 6.63. The van der Waals surface area contributed by atoms with E-state index in [-0.39, 0.29) is 16.9 Å². The van der Waals surface area contributed by atoms with Crippen molar-refractivity contribution in [3.05, 3.63) is 68.3 Å². The zero-order valence-corrected chi connectivity index (χ0v) is 13.9. The molecule has 0 unspecified atom stereocenters. The first-order chi connectivity index (χ1) is 12.4. The monoisotopic (exact) mass is 354 g/mol. The van der Waals surface area contributed by atoms with Gasteiger partial charge in [0.2, 0.25) is 5.75 Å². The van der Waals surface area contributed by atoms with Gasteiger partial charge in [-0.1, -0.05) is 12.1 Å². The molecule has 9 heteroatoms. The Bertz CT molecular complexity index is 1100. The minimum atomic E-state index is -0.732. The Kier molecular flexibility index (Phi) is 4.36. The van der Waals surface area contributed by atoms with Crippen LogP contribution in [0.5, 0.6) is 11.5 Å². The first-order valence-electron chi connectivity index (χ1n) is 7.50. The summed E-state index contributed by atoms with van der Waals surface area (Å²) in [5.74, 6) is -0.276. The molecule has 0 amide bonds. The van der Waals surface area contributed by atoms with Crippen molar-refractivity contribution in [3.8, 4) is 11.5 Å². The number of rotatable bonds is 4. The molecule has 1 aromatic heterocycles. The number of fused-ring (bicyclic) bond motifs is 1. The number of ether oxygens (including phenoxy) is 1. The number of nitro groups is 1. The lowest BCUT2D eigenvalue weighted by Crippen LogP contribution is -2.20. The van der Waals surface area contributed by atoms with E-state index in [9.17, 15) is 20.0 Å². The summed E-state index contributed by atoms with van der Waals surface area (Å²) in [5.41, 5.74) is -0.0368. The SMILES string of the molecule is COc1cc(C=Nn2c(C)nc3ccccc3c2=O)cc([N+](=O)[O-])c1O. The largest absolute Gasteiger partial charge is 0.500 e. The van der Waals surface area contributed by atoms with Crippen molar-refractivity contribution >= 4 is 22.8 Å². The van der Waals surface area contributed by atoms with Gasteiger partial charge in [0.05, 0.1) is 29.2 Å². The average Bonchev–Trinajstić information content (AvgIpc) is 2.62. The topological polar surface area (TPSA) is 120 Å². The average molecular weight is 354 g/mol. The molecule has 9 nitrogen and oxygen atoms in total. The fraction of sp³-hybridized carbons (Fsp3) is 0.118. The second-order valence-electron chi connectivity index (χ2n) is 5.39. The number of hydrogen-bond acceptors (Lipinski definition) is 7. The number of phenolic OH excluding ortho intramolecular Hbond substituents is 1. The Morgan fingerprint density at radius 1 is 1.35 bits per heavy atom. The Morgan fingerprint density at radius 3 is 2.77 bits per heavy atom. The molecule has 0 aliphatic heterocycles. The number of benzene rings is 2. The maximum Gasteiger partial charge on any atom is 0.315 e. The second-order valence-corrected chi connectivity index (χ2v) is 5.39. The number of nitro benzene ring substituents is 1. The van der Waals surface area contributed by atoms with E-state index in [4.69, 9.17) is 4.74 Å². The highest BCUT2D eigenvalue weighted by Crippen LogP contribution is 2.36. The first-order valence-corrected chi connectivity index (χ1v) is 7.50. The van der Waals surface area contributed by atoms with Gasteiger partial charge in [-0.3, -0.25) is 14.9 Å². The van der Waals surface area contributed by atoms with E-state index < -0.39 is 16.4 Å². The lowest BCUT2D eigenvalue weighted by Gasteiger charge is -2.06. The van der Waals surface area contributed by atoms with Crippen LogP contribution in [0, 0.1) is 17.0 Å². The molecule has 0 aliphatic carbocycles. The molecule has 1 N–H and O–H groups in total. The molecule has 0 bridgehead atoms. The van der Waals surface area contributed by atoms with Crippen LogP contribution in [-0.4, -0.2) is 33.0 Å². The number of aromatic nitrogens is 2. The number of aryl methyl sites for hydroxylation is 1.